The summed E-state index contributed by atoms with van der Waals surface area (Å²) in [6.07, 6.45) is 4.09. The molecule has 0 aromatic carbocycles. The summed E-state index contributed by atoms with van der Waals surface area (Å²) >= 11 is 1.90. The lowest BCUT2D eigenvalue weighted by molar-refractivity contribution is -0.121. The fraction of sp³-hybridized carbons (Fsp3) is 0.706. The van der Waals surface area contributed by atoms with E-state index in [0.717, 1.165) is 25.0 Å². The number of thioether (sulfide) groups is 1. The number of amides is 4. The summed E-state index contributed by atoms with van der Waals surface area (Å²) in [4.78, 5) is 34.4. The number of carbonyl (C=O) groups excluding carboxylic acids is 3. The van der Waals surface area contributed by atoms with Crippen molar-refractivity contribution in [3.05, 3.63) is 12.2 Å². The van der Waals surface area contributed by atoms with E-state index >= 15 is 0 Å². The third-order valence-corrected chi connectivity index (χ3v) is 5.94. The molecule has 8 heteroatoms. The molecule has 0 spiro atoms. The summed E-state index contributed by atoms with van der Waals surface area (Å²) in [6.45, 7) is 6.33. The molecule has 1 unspecified atom stereocenters. The maximum absolute atomic E-state index is 11.8. The maximum Gasteiger partial charge on any atom is 0.315 e. The highest BCUT2D eigenvalue weighted by Gasteiger charge is 2.42. The molecule has 7 nitrogen and oxygen atoms in total. The summed E-state index contributed by atoms with van der Waals surface area (Å²) in [6, 6.07) is 0.441. The van der Waals surface area contributed by atoms with Crippen LogP contribution in [-0.2, 0) is 9.59 Å². The highest BCUT2D eigenvalue weighted by Crippen LogP contribution is 2.33. The van der Waals surface area contributed by atoms with Gasteiger partial charge in [-0.1, -0.05) is 13.0 Å². The number of unbranched alkanes of at least 4 members (excludes halogenated alkanes) is 1. The van der Waals surface area contributed by atoms with E-state index in [4.69, 9.17) is 0 Å². The second-order valence-corrected chi connectivity index (χ2v) is 7.88. The second-order valence-electron chi connectivity index (χ2n) is 6.61. The predicted octanol–water partition coefficient (Wildman–Crippen LogP) is 0.911. The molecular formula is C17H28N4O3S. The molecule has 2 aliphatic heterocycles. The number of rotatable bonds is 10. The molecule has 25 heavy (non-hydrogen) atoms. The van der Waals surface area contributed by atoms with Crippen LogP contribution in [0.5, 0.6) is 0 Å². The van der Waals surface area contributed by atoms with Gasteiger partial charge < -0.3 is 21.3 Å². The Morgan fingerprint density at radius 1 is 1.20 bits per heavy atom. The van der Waals surface area contributed by atoms with Crippen LogP contribution < -0.4 is 21.3 Å². The van der Waals surface area contributed by atoms with Crippen LogP contribution in [-0.4, -0.2) is 54.0 Å². The molecule has 2 heterocycles. The SMILES string of the molecule is C=C(C)C(=O)NCCCNC(=O)CCCC[C@@H]1SC[C@@H]2NC(=O)NC21. The summed E-state index contributed by atoms with van der Waals surface area (Å²) in [5, 5.41) is 12.0. The quantitative estimate of drug-likeness (QED) is 0.262. The van der Waals surface area contributed by atoms with E-state index in [1.807, 2.05) is 11.8 Å². The summed E-state index contributed by atoms with van der Waals surface area (Å²) in [5.74, 6) is 0.877. The molecule has 2 rings (SSSR count). The van der Waals surface area contributed by atoms with Gasteiger partial charge in [0, 0.05) is 36.1 Å². The van der Waals surface area contributed by atoms with E-state index in [1.54, 1.807) is 6.92 Å². The topological polar surface area (TPSA) is 99.3 Å². The number of carbonyl (C=O) groups is 3. The van der Waals surface area contributed by atoms with E-state index < -0.39 is 0 Å². The molecule has 0 saturated carbocycles. The minimum absolute atomic E-state index is 0.0546. The van der Waals surface area contributed by atoms with Crippen LogP contribution in [0.1, 0.15) is 39.0 Å². The lowest BCUT2D eigenvalue weighted by Gasteiger charge is -2.16. The van der Waals surface area contributed by atoms with Gasteiger partial charge in [-0.15, -0.1) is 0 Å². The Labute approximate surface area is 153 Å². The number of fused-ring (bicyclic) bond motifs is 1. The third-order valence-electron chi connectivity index (χ3n) is 4.43. The number of urea groups is 1. The third kappa shape index (κ3) is 6.26. The Balaban J connectivity index is 1.47. The normalized spacial score (nSPS) is 24.2. The van der Waals surface area contributed by atoms with Gasteiger partial charge in [0.05, 0.1) is 12.1 Å². The maximum atomic E-state index is 11.8. The van der Waals surface area contributed by atoms with Crippen molar-refractivity contribution in [2.75, 3.05) is 18.8 Å². The number of nitrogens with one attached hydrogen (secondary N) is 4. The van der Waals surface area contributed by atoms with Gasteiger partial charge in [0.15, 0.2) is 0 Å². The molecule has 2 fully saturated rings. The Hall–Kier alpha value is -1.70. The van der Waals surface area contributed by atoms with Gasteiger partial charge in [0.25, 0.3) is 0 Å². The second kappa shape index (κ2) is 9.70. The fourth-order valence-electron chi connectivity index (χ4n) is 3.03. The van der Waals surface area contributed by atoms with Crippen molar-refractivity contribution in [2.45, 2.75) is 56.4 Å². The zero-order chi connectivity index (χ0) is 18.2. The number of hydrogen-bond acceptors (Lipinski definition) is 4. The van der Waals surface area contributed by atoms with Crippen molar-refractivity contribution in [3.8, 4) is 0 Å². The molecule has 0 radical (unpaired) electrons. The molecule has 2 aliphatic rings. The smallest absolute Gasteiger partial charge is 0.315 e. The van der Waals surface area contributed by atoms with Crippen molar-refractivity contribution in [3.63, 3.8) is 0 Å². The van der Waals surface area contributed by atoms with Crippen LogP contribution >= 0.6 is 11.8 Å². The van der Waals surface area contributed by atoms with Crippen molar-refractivity contribution < 1.29 is 14.4 Å². The zero-order valence-corrected chi connectivity index (χ0v) is 15.5. The van der Waals surface area contributed by atoms with Gasteiger partial charge in [0.1, 0.15) is 0 Å². The van der Waals surface area contributed by atoms with Gasteiger partial charge in [-0.2, -0.15) is 11.8 Å². The van der Waals surface area contributed by atoms with Crippen LogP contribution in [0.3, 0.4) is 0 Å². The minimum Gasteiger partial charge on any atom is -0.356 e. The monoisotopic (exact) mass is 368 g/mol. The van der Waals surface area contributed by atoms with Crippen molar-refractivity contribution >= 4 is 29.6 Å². The van der Waals surface area contributed by atoms with Gasteiger partial charge in [-0.3, -0.25) is 9.59 Å². The predicted molar refractivity (Wildman–Crippen MR) is 99.4 cm³/mol. The minimum atomic E-state index is -0.146. The molecule has 0 aromatic rings. The van der Waals surface area contributed by atoms with Crippen molar-refractivity contribution in [1.82, 2.24) is 21.3 Å². The first kappa shape index (κ1) is 19.6. The van der Waals surface area contributed by atoms with Crippen LogP contribution in [0.25, 0.3) is 0 Å². The molecule has 2 saturated heterocycles. The van der Waals surface area contributed by atoms with Crippen molar-refractivity contribution in [1.29, 1.82) is 0 Å². The Kier molecular flexibility index (Phi) is 7.61. The van der Waals surface area contributed by atoms with Crippen LogP contribution in [0, 0.1) is 0 Å². The Morgan fingerprint density at radius 2 is 1.96 bits per heavy atom. The standard InChI is InChI=1S/C17H28N4O3S/c1-11(2)16(23)19-9-5-8-18-14(22)7-4-3-6-13-15-12(10-25-13)20-17(24)21-15/h12-13,15H,1,3-10H2,2H3,(H,18,22)(H,19,23)(H2,20,21,24)/t12-,13-,15?/m0/s1. The number of hydrogen-bond donors (Lipinski definition) is 4. The molecule has 0 aliphatic carbocycles. The van der Waals surface area contributed by atoms with Crippen LogP contribution in [0.15, 0.2) is 12.2 Å². The van der Waals surface area contributed by atoms with E-state index in [9.17, 15) is 14.4 Å². The lowest BCUT2D eigenvalue weighted by atomic mass is 10.0. The molecule has 0 aromatic heterocycles. The first-order chi connectivity index (χ1) is 12.0. The van der Waals surface area contributed by atoms with E-state index in [2.05, 4.69) is 27.8 Å². The fourth-order valence-corrected chi connectivity index (χ4v) is 4.58. The molecular weight excluding hydrogens is 340 g/mol. The highest BCUT2D eigenvalue weighted by atomic mass is 32.2. The summed E-state index contributed by atoms with van der Waals surface area (Å²) in [7, 11) is 0. The molecule has 0 bridgehead atoms. The molecule has 3 atom stereocenters. The molecule has 4 N–H and O–H groups in total. The first-order valence-corrected chi connectivity index (χ1v) is 9.91. The average Bonchev–Trinajstić information content (AvgIpc) is 3.10. The zero-order valence-electron chi connectivity index (χ0n) is 14.7. The van der Waals surface area contributed by atoms with Gasteiger partial charge in [0.2, 0.25) is 11.8 Å². The molecule has 140 valence electrons. The Morgan fingerprint density at radius 3 is 2.72 bits per heavy atom. The van der Waals surface area contributed by atoms with E-state index in [1.165, 1.54) is 0 Å². The van der Waals surface area contributed by atoms with Crippen LogP contribution in [0.4, 0.5) is 4.79 Å². The first-order valence-electron chi connectivity index (χ1n) is 8.86. The van der Waals surface area contributed by atoms with Crippen LogP contribution in [0.2, 0.25) is 0 Å². The largest absolute Gasteiger partial charge is 0.356 e. The van der Waals surface area contributed by atoms with Crippen molar-refractivity contribution in [2.24, 2.45) is 0 Å². The van der Waals surface area contributed by atoms with E-state index in [-0.39, 0.29) is 29.9 Å². The van der Waals surface area contributed by atoms with Gasteiger partial charge in [-0.05, 0) is 26.2 Å². The van der Waals surface area contributed by atoms with Gasteiger partial charge >= 0.3 is 6.03 Å². The summed E-state index contributed by atoms with van der Waals surface area (Å²) < 4.78 is 0. The lowest BCUT2D eigenvalue weighted by Crippen LogP contribution is -2.36. The summed E-state index contributed by atoms with van der Waals surface area (Å²) in [5.41, 5.74) is 0.490. The van der Waals surface area contributed by atoms with E-state index in [0.29, 0.717) is 36.8 Å². The highest BCUT2D eigenvalue weighted by molar-refractivity contribution is 8.00. The van der Waals surface area contributed by atoms with Gasteiger partial charge in [-0.25, -0.2) is 4.79 Å². The Bertz CT molecular complexity index is 526. The average molecular weight is 369 g/mol. The molecule has 4 amide bonds.